The topological polar surface area (TPSA) is 73.1 Å². The van der Waals surface area contributed by atoms with Gasteiger partial charge in [0.25, 0.3) is 0 Å². The van der Waals surface area contributed by atoms with Crippen LogP contribution in [0.15, 0.2) is 30.5 Å². The van der Waals surface area contributed by atoms with Gasteiger partial charge in [-0.1, -0.05) is 12.1 Å². The normalized spacial score (nSPS) is 10.3. The Morgan fingerprint density at radius 3 is 2.90 bits per heavy atom. The van der Waals surface area contributed by atoms with Crippen molar-refractivity contribution in [2.75, 3.05) is 11.9 Å². The van der Waals surface area contributed by atoms with Crippen LogP contribution >= 0.6 is 0 Å². The van der Waals surface area contributed by atoms with Crippen LogP contribution in [0.25, 0.3) is 0 Å². The number of hydrogen-bond acceptors (Lipinski definition) is 5. The molecule has 0 aliphatic heterocycles. The van der Waals surface area contributed by atoms with E-state index in [2.05, 4.69) is 15.3 Å². The first kappa shape index (κ1) is 14.2. The molecule has 0 amide bonds. The fourth-order valence-electron chi connectivity index (χ4n) is 1.69. The highest BCUT2D eigenvalue weighted by atomic mass is 19.1. The summed E-state index contributed by atoms with van der Waals surface area (Å²) in [5.41, 5.74) is 6.76. The van der Waals surface area contributed by atoms with Gasteiger partial charge in [-0.25, -0.2) is 9.37 Å². The first-order valence-electron chi connectivity index (χ1n) is 6.40. The molecule has 0 atom stereocenters. The molecule has 6 heteroatoms. The zero-order valence-corrected chi connectivity index (χ0v) is 11.3. The lowest BCUT2D eigenvalue weighted by molar-refractivity contribution is 0.326. The summed E-state index contributed by atoms with van der Waals surface area (Å²) in [5.74, 6) is 0.601. The summed E-state index contributed by atoms with van der Waals surface area (Å²) in [6, 6.07) is 6.62. The van der Waals surface area contributed by atoms with Crippen LogP contribution in [0.2, 0.25) is 0 Å². The van der Waals surface area contributed by atoms with Crippen molar-refractivity contribution in [2.45, 2.75) is 20.0 Å². The molecule has 5 nitrogen and oxygen atoms in total. The third-order valence-electron chi connectivity index (χ3n) is 2.71. The molecule has 106 valence electrons. The Labute approximate surface area is 117 Å². The second-order valence-electron chi connectivity index (χ2n) is 4.13. The lowest BCUT2D eigenvalue weighted by Crippen LogP contribution is -2.07. The quantitative estimate of drug-likeness (QED) is 0.845. The first-order chi connectivity index (χ1) is 9.72. The molecule has 0 aliphatic carbocycles. The summed E-state index contributed by atoms with van der Waals surface area (Å²) >= 11 is 0. The largest absolute Gasteiger partial charge is 0.478 e. The van der Waals surface area contributed by atoms with Crippen LogP contribution in [-0.4, -0.2) is 16.6 Å². The SMILES string of the molecule is CCOc1ccnc(NCc2ccc(CN)cc2F)n1. The summed E-state index contributed by atoms with van der Waals surface area (Å²) in [7, 11) is 0. The summed E-state index contributed by atoms with van der Waals surface area (Å²) in [5, 5.41) is 2.96. The smallest absolute Gasteiger partial charge is 0.226 e. The van der Waals surface area contributed by atoms with Crippen LogP contribution < -0.4 is 15.8 Å². The Balaban J connectivity index is 2.03. The highest BCUT2D eigenvalue weighted by molar-refractivity contribution is 5.31. The Morgan fingerprint density at radius 2 is 2.20 bits per heavy atom. The van der Waals surface area contributed by atoms with Crippen LogP contribution in [0, 0.1) is 5.82 Å². The molecule has 2 aromatic rings. The number of anilines is 1. The second kappa shape index (κ2) is 6.81. The van der Waals surface area contributed by atoms with Crippen LogP contribution in [0.3, 0.4) is 0 Å². The van der Waals surface area contributed by atoms with Crippen LogP contribution in [0.1, 0.15) is 18.1 Å². The van der Waals surface area contributed by atoms with E-state index >= 15 is 0 Å². The maximum absolute atomic E-state index is 13.8. The van der Waals surface area contributed by atoms with Gasteiger partial charge in [0.15, 0.2) is 0 Å². The number of rotatable bonds is 6. The van der Waals surface area contributed by atoms with Gasteiger partial charge in [0.1, 0.15) is 5.82 Å². The molecular weight excluding hydrogens is 259 g/mol. The van der Waals surface area contributed by atoms with Gasteiger partial charge in [0, 0.05) is 30.9 Å². The predicted octanol–water partition coefficient (Wildman–Crippen LogP) is 2.09. The fourth-order valence-corrected chi connectivity index (χ4v) is 1.69. The molecule has 1 aromatic carbocycles. The Morgan fingerprint density at radius 1 is 1.35 bits per heavy atom. The maximum atomic E-state index is 13.8. The highest BCUT2D eigenvalue weighted by Gasteiger charge is 2.05. The first-order valence-corrected chi connectivity index (χ1v) is 6.40. The van der Waals surface area contributed by atoms with Crippen molar-refractivity contribution >= 4 is 5.95 Å². The van der Waals surface area contributed by atoms with Crippen molar-refractivity contribution in [3.8, 4) is 5.88 Å². The van der Waals surface area contributed by atoms with E-state index in [4.69, 9.17) is 10.5 Å². The van der Waals surface area contributed by atoms with Crippen LogP contribution in [0.5, 0.6) is 5.88 Å². The van der Waals surface area contributed by atoms with E-state index in [1.807, 2.05) is 6.92 Å². The Kier molecular flexibility index (Phi) is 4.84. The number of nitrogens with one attached hydrogen (secondary N) is 1. The van der Waals surface area contributed by atoms with Gasteiger partial charge in [-0.3, -0.25) is 0 Å². The van der Waals surface area contributed by atoms with E-state index in [1.165, 1.54) is 6.07 Å². The lowest BCUT2D eigenvalue weighted by atomic mass is 10.1. The number of nitrogens with two attached hydrogens (primary N) is 1. The van der Waals surface area contributed by atoms with E-state index in [1.54, 1.807) is 24.4 Å². The molecule has 20 heavy (non-hydrogen) atoms. The minimum absolute atomic E-state index is 0.290. The Bertz CT molecular complexity index is 577. The molecule has 3 N–H and O–H groups in total. The Hall–Kier alpha value is -2.21. The number of benzene rings is 1. The van der Waals surface area contributed by atoms with Crippen molar-refractivity contribution in [1.29, 1.82) is 0 Å². The molecule has 1 heterocycles. The maximum Gasteiger partial charge on any atom is 0.226 e. The molecule has 0 unspecified atom stereocenters. The molecule has 2 rings (SSSR count). The van der Waals surface area contributed by atoms with Crippen molar-refractivity contribution in [2.24, 2.45) is 5.73 Å². The number of halogens is 1. The molecule has 0 saturated carbocycles. The zero-order chi connectivity index (χ0) is 14.4. The molecule has 0 aliphatic rings. The van der Waals surface area contributed by atoms with E-state index in [9.17, 15) is 4.39 Å². The van der Waals surface area contributed by atoms with E-state index in [0.29, 0.717) is 37.1 Å². The molecule has 1 aromatic heterocycles. The third-order valence-corrected chi connectivity index (χ3v) is 2.71. The standard InChI is InChI=1S/C14H17FN4O/c1-2-20-13-5-6-17-14(19-13)18-9-11-4-3-10(8-16)7-12(11)15/h3-7H,2,8-9,16H2,1H3,(H,17,18,19). The average Bonchev–Trinajstić information content (AvgIpc) is 2.46. The fraction of sp³-hybridized carbons (Fsp3) is 0.286. The van der Waals surface area contributed by atoms with E-state index in [0.717, 1.165) is 5.56 Å². The zero-order valence-electron chi connectivity index (χ0n) is 11.3. The van der Waals surface area contributed by atoms with Gasteiger partial charge in [0.05, 0.1) is 6.61 Å². The summed E-state index contributed by atoms with van der Waals surface area (Å²) < 4.78 is 19.1. The number of aromatic nitrogens is 2. The summed E-state index contributed by atoms with van der Waals surface area (Å²) in [6.45, 7) is 3.03. The van der Waals surface area contributed by atoms with Crippen molar-refractivity contribution < 1.29 is 9.13 Å². The van der Waals surface area contributed by atoms with Crippen molar-refractivity contribution in [1.82, 2.24) is 9.97 Å². The summed E-state index contributed by atoms with van der Waals surface area (Å²) in [6.07, 6.45) is 1.59. The summed E-state index contributed by atoms with van der Waals surface area (Å²) in [4.78, 5) is 8.21. The number of hydrogen-bond donors (Lipinski definition) is 2. The predicted molar refractivity (Wildman–Crippen MR) is 74.8 cm³/mol. The molecule has 0 bridgehead atoms. The van der Waals surface area contributed by atoms with Gasteiger partial charge in [0.2, 0.25) is 11.8 Å². The van der Waals surface area contributed by atoms with Gasteiger partial charge in [-0.2, -0.15) is 4.98 Å². The monoisotopic (exact) mass is 276 g/mol. The van der Waals surface area contributed by atoms with E-state index in [-0.39, 0.29) is 5.82 Å². The van der Waals surface area contributed by atoms with Gasteiger partial charge < -0.3 is 15.8 Å². The number of nitrogens with zero attached hydrogens (tertiary/aromatic N) is 2. The van der Waals surface area contributed by atoms with Crippen molar-refractivity contribution in [3.63, 3.8) is 0 Å². The van der Waals surface area contributed by atoms with Crippen molar-refractivity contribution in [3.05, 3.63) is 47.4 Å². The lowest BCUT2D eigenvalue weighted by Gasteiger charge is -2.08. The van der Waals surface area contributed by atoms with Gasteiger partial charge in [-0.15, -0.1) is 0 Å². The van der Waals surface area contributed by atoms with Gasteiger partial charge >= 0.3 is 0 Å². The highest BCUT2D eigenvalue weighted by Crippen LogP contribution is 2.13. The molecule has 0 fully saturated rings. The minimum atomic E-state index is -0.290. The van der Waals surface area contributed by atoms with E-state index < -0.39 is 0 Å². The minimum Gasteiger partial charge on any atom is -0.478 e. The number of ether oxygens (including phenoxy) is 1. The van der Waals surface area contributed by atoms with Gasteiger partial charge in [-0.05, 0) is 18.6 Å². The average molecular weight is 276 g/mol. The van der Waals surface area contributed by atoms with Crippen LogP contribution in [0.4, 0.5) is 10.3 Å². The molecular formula is C14H17FN4O. The van der Waals surface area contributed by atoms with Crippen LogP contribution in [-0.2, 0) is 13.1 Å². The second-order valence-corrected chi connectivity index (χ2v) is 4.13. The molecule has 0 spiro atoms. The third kappa shape index (κ3) is 3.64. The molecule has 0 saturated heterocycles. The molecule has 0 radical (unpaired) electrons.